The summed E-state index contributed by atoms with van der Waals surface area (Å²) in [4.78, 5) is 27.8. The number of hydrogen-bond acceptors (Lipinski definition) is 6. The van der Waals surface area contributed by atoms with E-state index in [0.29, 0.717) is 22.7 Å². The summed E-state index contributed by atoms with van der Waals surface area (Å²) in [5, 5.41) is 15.4. The minimum Gasteiger partial charge on any atom is -0.488 e. The van der Waals surface area contributed by atoms with Crippen molar-refractivity contribution in [1.29, 1.82) is 0 Å². The molecule has 0 saturated heterocycles. The predicted octanol–water partition coefficient (Wildman–Crippen LogP) is 3.80. The number of ether oxygens (including phenoxy) is 1. The molecule has 0 spiro atoms. The molecule has 0 fully saturated rings. The maximum absolute atomic E-state index is 13.4. The van der Waals surface area contributed by atoms with Crippen LogP contribution in [0.25, 0.3) is 0 Å². The Kier molecular flexibility index (Phi) is 9.64. The number of urea groups is 1. The summed E-state index contributed by atoms with van der Waals surface area (Å²) in [6.07, 6.45) is -0.635. The average molecular weight is 581 g/mol. The molecule has 0 unspecified atom stereocenters. The molecule has 1 heterocycles. The molecule has 11 heteroatoms. The molecule has 3 atom stereocenters. The number of fused-ring (bicyclic) bond motifs is 1. The Balaban J connectivity index is 1.62. The molecule has 0 saturated carbocycles. The topological polar surface area (TPSA) is 128 Å². The molecular formula is C30H36N4O6S. The van der Waals surface area contributed by atoms with Gasteiger partial charge in [0.05, 0.1) is 30.5 Å². The van der Waals surface area contributed by atoms with Crippen molar-refractivity contribution >= 4 is 33.3 Å². The molecule has 3 aromatic rings. The number of para-hydroxylation sites is 1. The van der Waals surface area contributed by atoms with Gasteiger partial charge in [0.2, 0.25) is 15.9 Å². The molecule has 1 aliphatic rings. The van der Waals surface area contributed by atoms with Gasteiger partial charge < -0.3 is 25.4 Å². The van der Waals surface area contributed by atoms with E-state index in [1.807, 2.05) is 25.1 Å². The largest absolute Gasteiger partial charge is 0.488 e. The van der Waals surface area contributed by atoms with Crippen LogP contribution >= 0.6 is 0 Å². The van der Waals surface area contributed by atoms with Crippen molar-refractivity contribution in [2.24, 2.45) is 5.92 Å². The van der Waals surface area contributed by atoms with E-state index >= 15 is 0 Å². The van der Waals surface area contributed by atoms with E-state index in [1.165, 1.54) is 11.4 Å². The number of nitrogens with one attached hydrogen (secondary N) is 2. The molecule has 0 aliphatic carbocycles. The monoisotopic (exact) mass is 580 g/mol. The Labute approximate surface area is 241 Å². The lowest BCUT2D eigenvalue weighted by Gasteiger charge is -2.33. The molecule has 10 nitrogen and oxygen atoms in total. The lowest BCUT2D eigenvalue weighted by molar-refractivity contribution is -0.134. The lowest BCUT2D eigenvalue weighted by atomic mass is 10.0. The van der Waals surface area contributed by atoms with Gasteiger partial charge in [-0.1, -0.05) is 43.3 Å². The zero-order valence-electron chi connectivity index (χ0n) is 23.4. The van der Waals surface area contributed by atoms with Crippen LogP contribution in [0.3, 0.4) is 0 Å². The first-order valence-corrected chi connectivity index (χ1v) is 14.9. The van der Waals surface area contributed by atoms with Crippen molar-refractivity contribution in [3.8, 4) is 5.75 Å². The molecule has 0 aromatic heterocycles. The molecule has 0 radical (unpaired) electrons. The van der Waals surface area contributed by atoms with Crippen LogP contribution in [-0.2, 0) is 21.2 Å². The minimum absolute atomic E-state index is 0.0207. The number of amides is 3. The van der Waals surface area contributed by atoms with Crippen LogP contribution in [0.1, 0.15) is 19.4 Å². The molecule has 3 N–H and O–H groups in total. The number of aliphatic hydroxyl groups excluding tert-OH is 1. The molecule has 1 aliphatic heterocycles. The van der Waals surface area contributed by atoms with Crippen LogP contribution in [0.2, 0.25) is 0 Å². The first kappa shape index (κ1) is 30.0. The number of carbonyl (C=O) groups is 2. The first-order valence-electron chi connectivity index (χ1n) is 13.4. The molecule has 41 heavy (non-hydrogen) atoms. The molecule has 0 bridgehead atoms. The summed E-state index contributed by atoms with van der Waals surface area (Å²) >= 11 is 0. The van der Waals surface area contributed by atoms with Crippen LogP contribution in [0, 0.1) is 5.92 Å². The van der Waals surface area contributed by atoms with Gasteiger partial charge in [0.25, 0.3) is 0 Å². The molecule has 218 valence electrons. The van der Waals surface area contributed by atoms with Gasteiger partial charge in [-0.3, -0.25) is 4.79 Å². The Bertz CT molecular complexity index is 1450. The van der Waals surface area contributed by atoms with Gasteiger partial charge >= 0.3 is 6.03 Å². The minimum atomic E-state index is -3.78. The second kappa shape index (κ2) is 13.2. The third-order valence-corrected chi connectivity index (χ3v) is 8.93. The predicted molar refractivity (Wildman–Crippen MR) is 157 cm³/mol. The van der Waals surface area contributed by atoms with Crippen LogP contribution in [0.15, 0.2) is 83.8 Å². The third kappa shape index (κ3) is 7.43. The average Bonchev–Trinajstić information content (AvgIpc) is 3.01. The number of benzene rings is 3. The van der Waals surface area contributed by atoms with E-state index in [9.17, 15) is 23.1 Å². The fraction of sp³-hybridized carbons (Fsp3) is 0.333. The second-order valence-electron chi connectivity index (χ2n) is 10.3. The van der Waals surface area contributed by atoms with E-state index in [1.54, 1.807) is 72.5 Å². The van der Waals surface area contributed by atoms with E-state index < -0.39 is 28.2 Å². The fourth-order valence-electron chi connectivity index (χ4n) is 4.66. The Morgan fingerprint density at radius 3 is 2.34 bits per heavy atom. The second-order valence-corrected chi connectivity index (χ2v) is 12.3. The standard InChI is InChI=1S/C30H36N4O6S/c1-21-18-34(22(2)20-35)29(36)17-23-16-25(32-30(37)31-24-10-6-4-7-11-24)14-15-27(23)40-28(21)19-33(3)41(38,39)26-12-8-5-9-13-26/h4-16,21-22,28,35H,17-20H2,1-3H3,(H2,31,32,37)/t21-,22+,28+/m1/s1. The van der Waals surface area contributed by atoms with Gasteiger partial charge in [0.1, 0.15) is 11.9 Å². The van der Waals surface area contributed by atoms with E-state index in [-0.39, 0.29) is 42.8 Å². The summed E-state index contributed by atoms with van der Waals surface area (Å²) in [5.74, 6) is -0.0601. The molecule has 3 aromatic carbocycles. The molecule has 4 rings (SSSR count). The van der Waals surface area contributed by atoms with E-state index in [4.69, 9.17) is 4.74 Å². The summed E-state index contributed by atoms with van der Waals surface area (Å²) in [7, 11) is -2.28. The van der Waals surface area contributed by atoms with E-state index in [0.717, 1.165) is 0 Å². The number of hydrogen-bond donors (Lipinski definition) is 3. The molecular weight excluding hydrogens is 544 g/mol. The van der Waals surface area contributed by atoms with Crippen molar-refractivity contribution < 1.29 is 27.9 Å². The SMILES string of the molecule is C[C@@H]1CN([C@@H](C)CO)C(=O)Cc2cc(NC(=O)Nc3ccccc3)ccc2O[C@H]1CN(C)S(=O)(=O)c1ccccc1. The van der Waals surface area contributed by atoms with Gasteiger partial charge in [-0.25, -0.2) is 13.2 Å². The number of nitrogens with zero attached hydrogens (tertiary/aromatic N) is 2. The van der Waals surface area contributed by atoms with Gasteiger partial charge in [0.15, 0.2) is 0 Å². The number of aliphatic hydroxyl groups is 1. The van der Waals surface area contributed by atoms with Crippen LogP contribution in [0.5, 0.6) is 5.75 Å². The number of anilines is 2. The maximum atomic E-state index is 13.4. The number of sulfonamides is 1. The summed E-state index contributed by atoms with van der Waals surface area (Å²) in [6, 6.07) is 21.3. The summed E-state index contributed by atoms with van der Waals surface area (Å²) < 4.78 is 34.2. The Hall–Kier alpha value is -3.93. The zero-order chi connectivity index (χ0) is 29.6. The number of likely N-dealkylation sites (N-methyl/N-ethyl adjacent to an activating group) is 1. The highest BCUT2D eigenvalue weighted by Crippen LogP contribution is 2.30. The Morgan fingerprint density at radius 2 is 1.68 bits per heavy atom. The van der Waals surface area contributed by atoms with Crippen LogP contribution in [-0.4, -0.2) is 73.6 Å². The molecule has 3 amide bonds. The number of rotatable bonds is 8. The normalized spacial score (nSPS) is 18.4. The van der Waals surface area contributed by atoms with Gasteiger partial charge in [-0.15, -0.1) is 0 Å². The highest BCUT2D eigenvalue weighted by atomic mass is 32.2. The van der Waals surface area contributed by atoms with Crippen molar-refractivity contribution in [3.05, 3.63) is 84.4 Å². The van der Waals surface area contributed by atoms with Gasteiger partial charge in [-0.2, -0.15) is 4.31 Å². The zero-order valence-corrected chi connectivity index (χ0v) is 24.2. The maximum Gasteiger partial charge on any atom is 0.323 e. The van der Waals surface area contributed by atoms with Gasteiger partial charge in [-0.05, 0) is 49.4 Å². The quantitative estimate of drug-likeness (QED) is 0.372. The summed E-state index contributed by atoms with van der Waals surface area (Å²) in [6.45, 7) is 3.74. The van der Waals surface area contributed by atoms with Crippen LogP contribution < -0.4 is 15.4 Å². The third-order valence-electron chi connectivity index (χ3n) is 7.09. The number of carbonyl (C=O) groups excluding carboxylic acids is 2. The summed E-state index contributed by atoms with van der Waals surface area (Å²) in [5.41, 5.74) is 1.63. The lowest BCUT2D eigenvalue weighted by Crippen LogP contribution is -2.48. The first-order chi connectivity index (χ1) is 19.6. The van der Waals surface area contributed by atoms with Gasteiger partial charge in [0, 0.05) is 36.4 Å². The Morgan fingerprint density at radius 1 is 1.05 bits per heavy atom. The van der Waals surface area contributed by atoms with Crippen LogP contribution in [0.4, 0.5) is 16.2 Å². The van der Waals surface area contributed by atoms with Crippen molar-refractivity contribution in [3.63, 3.8) is 0 Å². The smallest absolute Gasteiger partial charge is 0.323 e. The van der Waals surface area contributed by atoms with Crippen molar-refractivity contribution in [1.82, 2.24) is 9.21 Å². The highest BCUT2D eigenvalue weighted by molar-refractivity contribution is 7.89. The van der Waals surface area contributed by atoms with Crippen molar-refractivity contribution in [2.75, 3.05) is 37.4 Å². The fourth-order valence-corrected chi connectivity index (χ4v) is 5.87. The highest BCUT2D eigenvalue weighted by Gasteiger charge is 2.33. The van der Waals surface area contributed by atoms with E-state index in [2.05, 4.69) is 10.6 Å². The van der Waals surface area contributed by atoms with Crippen molar-refractivity contribution in [2.45, 2.75) is 37.3 Å².